The van der Waals surface area contributed by atoms with Crippen LogP contribution in [0.4, 0.5) is 0 Å². The minimum absolute atomic E-state index is 0.154. The van der Waals surface area contributed by atoms with Crippen molar-refractivity contribution in [2.45, 2.75) is 84.3 Å². The predicted molar refractivity (Wildman–Crippen MR) is 91.4 cm³/mol. The van der Waals surface area contributed by atoms with E-state index in [0.717, 1.165) is 12.8 Å². The normalized spacial score (nSPS) is 40.0. The lowest BCUT2D eigenvalue weighted by molar-refractivity contribution is 0.295. The van der Waals surface area contributed by atoms with Crippen LogP contribution in [-0.2, 0) is 4.74 Å². The Morgan fingerprint density at radius 2 is 1.86 bits per heavy atom. The molecule has 0 aromatic carbocycles. The molecule has 118 valence electrons. The van der Waals surface area contributed by atoms with Gasteiger partial charge in [0.1, 0.15) is 0 Å². The second-order valence-electron chi connectivity index (χ2n) is 7.42. The van der Waals surface area contributed by atoms with Crippen molar-refractivity contribution in [2.75, 3.05) is 0 Å². The van der Waals surface area contributed by atoms with E-state index in [1.165, 1.54) is 48.8 Å². The van der Waals surface area contributed by atoms with Crippen LogP contribution >= 0.6 is 0 Å². The van der Waals surface area contributed by atoms with E-state index in [1.54, 1.807) is 0 Å². The standard InChI is InChI=1S/C20H32O/c1-15(2)18-11-8-16(3)7-6-14-20(5)19(21-20)13-10-17(4)9-12-18/h7,9,18-19H,1,6,8,10-14H2,2-5H3/b16-7+,17-9+/t18-,19+,20+/m0/s1. The minimum atomic E-state index is 0.154. The highest BCUT2D eigenvalue weighted by atomic mass is 16.6. The SMILES string of the molecule is C=C(C)[C@@H]1C/C=C(\C)CC[C@H]2O[C@]2(C)CC/C=C(\C)CC1. The third-order valence-corrected chi connectivity index (χ3v) is 5.30. The van der Waals surface area contributed by atoms with Crippen molar-refractivity contribution in [2.24, 2.45) is 5.92 Å². The molecule has 1 heterocycles. The van der Waals surface area contributed by atoms with Gasteiger partial charge in [-0.25, -0.2) is 0 Å². The van der Waals surface area contributed by atoms with Crippen LogP contribution < -0.4 is 0 Å². The summed E-state index contributed by atoms with van der Waals surface area (Å²) < 4.78 is 5.95. The van der Waals surface area contributed by atoms with Gasteiger partial charge in [-0.05, 0) is 78.6 Å². The average molecular weight is 288 g/mol. The fourth-order valence-electron chi connectivity index (χ4n) is 3.35. The molecule has 2 aliphatic rings. The van der Waals surface area contributed by atoms with E-state index in [2.05, 4.69) is 46.4 Å². The van der Waals surface area contributed by atoms with Crippen molar-refractivity contribution in [3.8, 4) is 0 Å². The number of hydrogen-bond acceptors (Lipinski definition) is 1. The van der Waals surface area contributed by atoms with Crippen LogP contribution in [0.15, 0.2) is 35.5 Å². The first-order valence-electron chi connectivity index (χ1n) is 8.55. The molecule has 0 spiro atoms. The highest BCUT2D eigenvalue weighted by molar-refractivity contribution is 5.10. The number of hydrogen-bond donors (Lipinski definition) is 0. The molecule has 0 N–H and O–H groups in total. The molecule has 1 aliphatic heterocycles. The van der Waals surface area contributed by atoms with Crippen molar-refractivity contribution >= 4 is 0 Å². The average Bonchev–Trinajstić information content (AvgIpc) is 3.06. The molecule has 0 aromatic heterocycles. The van der Waals surface area contributed by atoms with Gasteiger partial charge in [0, 0.05) is 0 Å². The van der Waals surface area contributed by atoms with Gasteiger partial charge in [0.2, 0.25) is 0 Å². The zero-order valence-corrected chi connectivity index (χ0v) is 14.4. The number of epoxide rings is 1. The molecule has 0 aromatic rings. The number of ether oxygens (including phenoxy) is 1. The van der Waals surface area contributed by atoms with E-state index in [4.69, 9.17) is 4.74 Å². The Balaban J connectivity index is 2.03. The summed E-state index contributed by atoms with van der Waals surface area (Å²) in [5.41, 5.74) is 4.53. The highest BCUT2D eigenvalue weighted by Crippen LogP contribution is 2.43. The predicted octanol–water partition coefficient (Wildman–Crippen LogP) is 5.97. The molecule has 1 nitrogen and oxygen atoms in total. The third-order valence-electron chi connectivity index (χ3n) is 5.30. The maximum absolute atomic E-state index is 5.95. The van der Waals surface area contributed by atoms with Crippen molar-refractivity contribution in [1.29, 1.82) is 0 Å². The molecule has 1 fully saturated rings. The van der Waals surface area contributed by atoms with Crippen LogP contribution in [0.25, 0.3) is 0 Å². The highest BCUT2D eigenvalue weighted by Gasteiger charge is 2.50. The minimum Gasteiger partial charge on any atom is -0.366 e. The van der Waals surface area contributed by atoms with Crippen molar-refractivity contribution < 1.29 is 4.74 Å². The summed E-state index contributed by atoms with van der Waals surface area (Å²) in [4.78, 5) is 0. The van der Waals surface area contributed by atoms with E-state index in [9.17, 15) is 0 Å². The molecule has 1 saturated heterocycles. The van der Waals surface area contributed by atoms with Gasteiger partial charge in [0.15, 0.2) is 0 Å². The van der Waals surface area contributed by atoms with Gasteiger partial charge >= 0.3 is 0 Å². The summed E-state index contributed by atoms with van der Waals surface area (Å²) >= 11 is 0. The second kappa shape index (κ2) is 6.96. The zero-order valence-electron chi connectivity index (χ0n) is 14.4. The van der Waals surface area contributed by atoms with Gasteiger partial charge in [0.05, 0.1) is 11.7 Å². The molecule has 0 unspecified atom stereocenters. The molecule has 0 radical (unpaired) electrons. The lowest BCUT2D eigenvalue weighted by Gasteiger charge is -2.16. The first kappa shape index (κ1) is 16.5. The Hall–Kier alpha value is -0.820. The van der Waals surface area contributed by atoms with E-state index in [-0.39, 0.29) is 5.60 Å². The molecular formula is C20H32O. The Bertz CT molecular complexity index is 443. The topological polar surface area (TPSA) is 12.5 Å². The number of fused-ring (bicyclic) bond motifs is 1. The fraction of sp³-hybridized carbons (Fsp3) is 0.700. The van der Waals surface area contributed by atoms with Crippen LogP contribution in [0, 0.1) is 5.92 Å². The van der Waals surface area contributed by atoms with Gasteiger partial charge < -0.3 is 4.74 Å². The molecule has 0 bridgehead atoms. The third kappa shape index (κ3) is 4.85. The zero-order chi connectivity index (χ0) is 15.5. The first-order chi connectivity index (χ1) is 9.90. The van der Waals surface area contributed by atoms with Crippen molar-refractivity contribution in [1.82, 2.24) is 0 Å². The Kier molecular flexibility index (Phi) is 5.48. The Labute approximate surface area is 131 Å². The van der Waals surface area contributed by atoms with Crippen molar-refractivity contribution in [3.05, 3.63) is 35.5 Å². The lowest BCUT2D eigenvalue weighted by atomic mass is 9.89. The van der Waals surface area contributed by atoms with Crippen LogP contribution in [0.5, 0.6) is 0 Å². The largest absolute Gasteiger partial charge is 0.366 e. The van der Waals surface area contributed by atoms with Crippen molar-refractivity contribution in [3.63, 3.8) is 0 Å². The van der Waals surface area contributed by atoms with Crippen LogP contribution in [0.3, 0.4) is 0 Å². The van der Waals surface area contributed by atoms with Crippen LogP contribution in [0.1, 0.15) is 72.6 Å². The summed E-state index contributed by atoms with van der Waals surface area (Å²) in [5, 5.41) is 0. The van der Waals surface area contributed by atoms with Crippen LogP contribution in [0.2, 0.25) is 0 Å². The van der Waals surface area contributed by atoms with Gasteiger partial charge in [-0.2, -0.15) is 0 Å². The van der Waals surface area contributed by atoms with Gasteiger partial charge in [0.25, 0.3) is 0 Å². The molecule has 21 heavy (non-hydrogen) atoms. The number of allylic oxidation sites excluding steroid dienone is 5. The molecule has 2 rings (SSSR count). The monoisotopic (exact) mass is 288 g/mol. The van der Waals surface area contributed by atoms with E-state index >= 15 is 0 Å². The molecule has 1 aliphatic carbocycles. The molecule has 0 saturated carbocycles. The van der Waals surface area contributed by atoms with Gasteiger partial charge in [-0.3, -0.25) is 0 Å². The quantitative estimate of drug-likeness (QED) is 0.427. The van der Waals surface area contributed by atoms with E-state index in [0.29, 0.717) is 12.0 Å². The Morgan fingerprint density at radius 3 is 2.57 bits per heavy atom. The Morgan fingerprint density at radius 1 is 1.19 bits per heavy atom. The number of rotatable bonds is 1. The summed E-state index contributed by atoms with van der Waals surface area (Å²) in [6, 6.07) is 0. The molecule has 3 atom stereocenters. The first-order valence-corrected chi connectivity index (χ1v) is 8.55. The smallest absolute Gasteiger partial charge is 0.0923 e. The summed E-state index contributed by atoms with van der Waals surface area (Å²) in [7, 11) is 0. The van der Waals surface area contributed by atoms with Gasteiger partial charge in [-0.15, -0.1) is 0 Å². The summed E-state index contributed by atoms with van der Waals surface area (Å²) in [6.45, 7) is 13.2. The summed E-state index contributed by atoms with van der Waals surface area (Å²) in [6.07, 6.45) is 13.6. The van der Waals surface area contributed by atoms with E-state index in [1.807, 2.05) is 0 Å². The summed E-state index contributed by atoms with van der Waals surface area (Å²) in [5.74, 6) is 0.633. The second-order valence-corrected chi connectivity index (χ2v) is 7.42. The van der Waals surface area contributed by atoms with E-state index < -0.39 is 0 Å². The lowest BCUT2D eigenvalue weighted by Crippen LogP contribution is -2.09. The molecule has 1 heteroatoms. The fourth-order valence-corrected chi connectivity index (χ4v) is 3.35. The molecular weight excluding hydrogens is 256 g/mol. The molecule has 0 amide bonds. The maximum atomic E-state index is 5.95. The maximum Gasteiger partial charge on any atom is 0.0923 e. The van der Waals surface area contributed by atoms with Gasteiger partial charge in [-0.1, -0.05) is 35.5 Å². The van der Waals surface area contributed by atoms with Crippen LogP contribution in [-0.4, -0.2) is 11.7 Å².